The van der Waals surface area contributed by atoms with Gasteiger partial charge in [0.25, 0.3) is 0 Å². The number of fused-ring (bicyclic) bond motifs is 7. The van der Waals surface area contributed by atoms with Crippen LogP contribution in [-0.4, -0.2) is 15.0 Å². The molecule has 3 heteroatoms. The molecule has 4 fully saturated rings. The van der Waals surface area contributed by atoms with Crippen LogP contribution in [0.2, 0.25) is 0 Å². The van der Waals surface area contributed by atoms with Crippen LogP contribution < -0.4 is 0 Å². The van der Waals surface area contributed by atoms with Crippen molar-refractivity contribution in [2.75, 3.05) is 0 Å². The van der Waals surface area contributed by atoms with Crippen LogP contribution in [0.25, 0.3) is 0 Å². The zero-order chi connectivity index (χ0) is 23.3. The minimum absolute atomic E-state index is 0.0166. The third kappa shape index (κ3) is 2.97. The molecule has 0 N–H and O–H groups in total. The van der Waals surface area contributed by atoms with E-state index in [1.165, 1.54) is 44.9 Å². The Hall–Kier alpha value is -0.0600. The highest BCUT2D eigenvalue weighted by Gasteiger charge is 2.67. The number of esters is 1. The van der Waals surface area contributed by atoms with Crippen LogP contribution in [0.15, 0.2) is 11.6 Å². The fraction of sp³-hybridized carbons (Fsp3) is 0.897. The number of ether oxygens (including phenoxy) is 1. The first-order valence-electron chi connectivity index (χ1n) is 13.4. The Kier molecular flexibility index (Phi) is 5.35. The van der Waals surface area contributed by atoms with Crippen LogP contribution in [-0.2, 0) is 9.53 Å². The van der Waals surface area contributed by atoms with Crippen molar-refractivity contribution >= 4 is 28.6 Å². The third-order valence-corrected chi connectivity index (χ3v) is 14.0. The number of hydrogen-bond donors (Lipinski definition) is 0. The summed E-state index contributed by atoms with van der Waals surface area (Å²) in [5.74, 6) is 3.46. The van der Waals surface area contributed by atoms with E-state index in [9.17, 15) is 4.79 Å². The van der Waals surface area contributed by atoms with E-state index in [4.69, 9.17) is 4.74 Å². The zero-order valence-electron chi connectivity index (χ0n) is 21.5. The van der Waals surface area contributed by atoms with Gasteiger partial charge in [0.1, 0.15) is 5.60 Å². The van der Waals surface area contributed by atoms with Crippen molar-refractivity contribution in [2.24, 2.45) is 45.8 Å². The summed E-state index contributed by atoms with van der Waals surface area (Å²) in [6.07, 6.45) is 13.5. The molecule has 5 rings (SSSR count). The molecule has 4 aliphatic carbocycles. The molecule has 0 amide bonds. The average Bonchev–Trinajstić information content (AvgIpc) is 2.79. The van der Waals surface area contributed by atoms with Crippen molar-refractivity contribution < 1.29 is 9.53 Å². The van der Waals surface area contributed by atoms with E-state index in [0.717, 1.165) is 24.2 Å². The van der Waals surface area contributed by atoms with Gasteiger partial charge >= 0.3 is 5.97 Å². The Morgan fingerprint density at radius 2 is 1.66 bits per heavy atom. The first-order chi connectivity index (χ1) is 14.8. The second-order valence-corrected chi connectivity index (χ2v) is 15.9. The molecule has 0 aromatic carbocycles. The smallest absolute Gasteiger partial charge is 0.306 e. The van der Waals surface area contributed by atoms with Crippen molar-refractivity contribution in [3.05, 3.63) is 11.6 Å². The van der Waals surface area contributed by atoms with Crippen molar-refractivity contribution in [1.82, 2.24) is 0 Å². The second kappa shape index (κ2) is 7.23. The highest BCUT2D eigenvalue weighted by Crippen LogP contribution is 2.74. The minimum atomic E-state index is -0.355. The molecule has 0 aromatic heterocycles. The summed E-state index contributed by atoms with van der Waals surface area (Å²) in [6.45, 7) is 17.3. The lowest BCUT2D eigenvalue weighted by molar-refractivity contribution is -0.183. The molecule has 9 atom stereocenters. The van der Waals surface area contributed by atoms with Crippen molar-refractivity contribution in [2.45, 2.75) is 115 Å². The first-order valence-corrected chi connectivity index (χ1v) is 14.5. The summed E-state index contributed by atoms with van der Waals surface area (Å²) in [5, 5.41) is 0. The molecule has 0 bridgehead atoms. The van der Waals surface area contributed by atoms with Gasteiger partial charge in [-0.2, -0.15) is 0 Å². The maximum atomic E-state index is 12.5. The topological polar surface area (TPSA) is 26.3 Å². The van der Waals surface area contributed by atoms with E-state index in [-0.39, 0.29) is 22.4 Å². The average molecular weight is 553 g/mol. The number of halogens is 1. The van der Waals surface area contributed by atoms with Gasteiger partial charge < -0.3 is 4.74 Å². The quantitative estimate of drug-likeness (QED) is 0.131. The third-order valence-electron chi connectivity index (χ3n) is 12.2. The fourth-order valence-electron chi connectivity index (χ4n) is 10.1. The molecule has 1 heterocycles. The monoisotopic (exact) mass is 552 g/mol. The maximum absolute atomic E-state index is 12.5. The number of allylic oxidation sites excluding steroid dienone is 2. The lowest BCUT2D eigenvalue weighted by Crippen LogP contribution is -2.63. The number of rotatable bonds is 0. The lowest BCUT2D eigenvalue weighted by Gasteiger charge is -2.69. The van der Waals surface area contributed by atoms with E-state index in [1.807, 2.05) is 5.57 Å². The first kappa shape index (κ1) is 23.7. The zero-order valence-corrected chi connectivity index (χ0v) is 23.7. The van der Waals surface area contributed by atoms with Crippen molar-refractivity contribution in [3.8, 4) is 0 Å². The number of carbonyl (C=O) groups is 1. The van der Waals surface area contributed by atoms with E-state index in [0.29, 0.717) is 27.1 Å². The van der Waals surface area contributed by atoms with Gasteiger partial charge in [-0.25, -0.2) is 0 Å². The van der Waals surface area contributed by atoms with Crippen LogP contribution in [0.5, 0.6) is 0 Å². The molecule has 0 radical (unpaired) electrons. The summed E-state index contributed by atoms with van der Waals surface area (Å²) in [6, 6.07) is 0. The van der Waals surface area contributed by atoms with Crippen molar-refractivity contribution in [1.29, 1.82) is 0 Å². The molecular formula is C29H45IO2. The summed E-state index contributed by atoms with van der Waals surface area (Å²) in [7, 11) is 0. The largest absolute Gasteiger partial charge is 0.459 e. The van der Waals surface area contributed by atoms with Gasteiger partial charge in [0, 0.05) is 15.8 Å². The molecule has 1 saturated heterocycles. The summed E-state index contributed by atoms with van der Waals surface area (Å²) >= 11 is 2.89. The van der Waals surface area contributed by atoms with Gasteiger partial charge in [-0.15, -0.1) is 0 Å². The SMILES string of the molecule is C[C@@H]1CC[C@]2(I)CC[C@]3(C)C(=CCC4C5(C)CCC(=O)OC(C)(C)C5CCC43C)C2[C@H]1C. The predicted octanol–water partition coefficient (Wildman–Crippen LogP) is 8.13. The summed E-state index contributed by atoms with van der Waals surface area (Å²) in [4.78, 5) is 12.5. The Morgan fingerprint density at radius 1 is 0.938 bits per heavy atom. The highest BCUT2D eigenvalue weighted by atomic mass is 127. The molecule has 0 spiro atoms. The highest BCUT2D eigenvalue weighted by molar-refractivity contribution is 14.1. The maximum Gasteiger partial charge on any atom is 0.306 e. The van der Waals surface area contributed by atoms with E-state index < -0.39 is 0 Å². The minimum Gasteiger partial charge on any atom is -0.459 e. The Bertz CT molecular complexity index is 846. The number of hydrogen-bond acceptors (Lipinski definition) is 2. The van der Waals surface area contributed by atoms with Gasteiger partial charge in [0.2, 0.25) is 0 Å². The van der Waals surface area contributed by atoms with Gasteiger partial charge in [-0.3, -0.25) is 4.79 Å². The molecule has 5 aliphatic rings. The number of cyclic esters (lactones) is 1. The Morgan fingerprint density at radius 3 is 2.38 bits per heavy atom. The number of alkyl halides is 1. The van der Waals surface area contributed by atoms with Gasteiger partial charge in [-0.05, 0) is 105 Å². The molecule has 32 heavy (non-hydrogen) atoms. The fourth-order valence-corrected chi connectivity index (χ4v) is 11.6. The Balaban J connectivity index is 1.60. The number of carbonyl (C=O) groups excluding carboxylic acids is 1. The summed E-state index contributed by atoms with van der Waals surface area (Å²) in [5.41, 5.74) is 2.24. The molecule has 5 unspecified atom stereocenters. The summed E-state index contributed by atoms with van der Waals surface area (Å²) < 4.78 is 6.49. The normalized spacial score (nSPS) is 54.7. The molecule has 1 aliphatic heterocycles. The second-order valence-electron chi connectivity index (χ2n) is 13.8. The van der Waals surface area contributed by atoms with Crippen LogP contribution in [0.3, 0.4) is 0 Å². The van der Waals surface area contributed by atoms with Crippen LogP contribution in [0, 0.1) is 45.8 Å². The van der Waals surface area contributed by atoms with Gasteiger partial charge in [0.15, 0.2) is 0 Å². The lowest BCUT2D eigenvalue weighted by atomic mass is 9.36. The molecular weight excluding hydrogens is 507 g/mol. The van der Waals surface area contributed by atoms with Crippen LogP contribution in [0.4, 0.5) is 0 Å². The van der Waals surface area contributed by atoms with E-state index >= 15 is 0 Å². The predicted molar refractivity (Wildman–Crippen MR) is 140 cm³/mol. The van der Waals surface area contributed by atoms with Gasteiger partial charge in [-0.1, -0.05) is 68.9 Å². The molecule has 180 valence electrons. The van der Waals surface area contributed by atoms with Gasteiger partial charge in [0.05, 0.1) is 0 Å². The molecule has 2 nitrogen and oxygen atoms in total. The Labute approximate surface area is 210 Å². The van der Waals surface area contributed by atoms with Crippen LogP contribution in [0.1, 0.15) is 106 Å². The van der Waals surface area contributed by atoms with Crippen LogP contribution >= 0.6 is 22.6 Å². The standard InChI is InChI=1S/C29H45IO2/c1-18-10-15-29(30)17-16-27(6)20(24(29)19(18)2)8-9-22-26(5)13-12-23(31)32-25(3,4)21(26)11-14-28(22,27)7/h8,18-19,21-22,24H,9-17H2,1-7H3/t18-,19+,21?,22?,24?,26?,27-,28?,29+/m1/s1. The molecule has 0 aromatic rings. The van der Waals surface area contributed by atoms with E-state index in [1.54, 1.807) is 0 Å². The van der Waals surface area contributed by atoms with Crippen molar-refractivity contribution in [3.63, 3.8) is 0 Å². The van der Waals surface area contributed by atoms with E-state index in [2.05, 4.69) is 77.1 Å². The molecule has 3 saturated carbocycles.